The molecule has 2 amide bonds. The first-order chi connectivity index (χ1) is 16.9. The van der Waals surface area contributed by atoms with Gasteiger partial charge >= 0.3 is 19.6 Å². The van der Waals surface area contributed by atoms with E-state index in [0.29, 0.717) is 24.4 Å². The molecule has 200 valence electrons. The van der Waals surface area contributed by atoms with Crippen molar-refractivity contribution in [2.24, 2.45) is 11.8 Å². The largest absolute Gasteiger partial charge is 0.465 e. The maximum Gasteiger partial charge on any atom is 0.325 e. The fourth-order valence-electron chi connectivity index (χ4n) is 4.00. The molecule has 0 radical (unpaired) electrons. The average molecular weight is 525 g/mol. The van der Waals surface area contributed by atoms with Gasteiger partial charge in [0, 0.05) is 37.4 Å². The Morgan fingerprint density at radius 3 is 2.56 bits per heavy atom. The molecule has 1 fully saturated rings. The van der Waals surface area contributed by atoms with E-state index in [4.69, 9.17) is 20.6 Å². The third-order valence-corrected chi connectivity index (χ3v) is 7.03. The number of hydrogen-bond donors (Lipinski definition) is 4. The van der Waals surface area contributed by atoms with Crippen LogP contribution in [0.15, 0.2) is 18.2 Å². The van der Waals surface area contributed by atoms with Gasteiger partial charge in [-0.05, 0) is 49.9 Å². The highest BCUT2D eigenvalue weighted by Crippen LogP contribution is 2.40. The molecule has 0 aliphatic carbocycles. The topological polar surface area (TPSA) is 143 Å². The summed E-state index contributed by atoms with van der Waals surface area (Å²) in [7, 11) is -4.26. The maximum absolute atomic E-state index is 12.1. The van der Waals surface area contributed by atoms with E-state index in [1.807, 2.05) is 20.8 Å². The number of esters is 1. The number of nitrogens with one attached hydrogen (secondary N) is 2. The summed E-state index contributed by atoms with van der Waals surface area (Å²) in [6.45, 7) is 7.45. The summed E-state index contributed by atoms with van der Waals surface area (Å²) in [6.07, 6.45) is 5.06. The minimum Gasteiger partial charge on any atom is -0.465 e. The fourth-order valence-corrected chi connectivity index (χ4v) is 4.59. The molecule has 0 saturated carbocycles. The fraction of sp³-hybridized carbons (Fsp3) is 0.600. The van der Waals surface area contributed by atoms with E-state index < -0.39 is 38.2 Å². The van der Waals surface area contributed by atoms with Crippen LogP contribution in [0.1, 0.15) is 52.0 Å². The molecule has 1 saturated heterocycles. The molecular weight excluding hydrogens is 487 g/mol. The van der Waals surface area contributed by atoms with E-state index in [1.54, 1.807) is 18.2 Å². The Balaban J connectivity index is 2.04. The number of rotatable bonds is 11. The van der Waals surface area contributed by atoms with Gasteiger partial charge in [0.15, 0.2) is 0 Å². The molecule has 1 aromatic carbocycles. The third-order valence-electron chi connectivity index (χ3n) is 6.19. The number of urea groups is 1. The molecule has 10 nitrogen and oxygen atoms in total. The zero-order valence-electron chi connectivity index (χ0n) is 21.2. The Kier molecular flexibility index (Phi) is 11.3. The third kappa shape index (κ3) is 9.47. The van der Waals surface area contributed by atoms with Crippen molar-refractivity contribution in [3.8, 4) is 18.1 Å². The molecule has 0 bridgehead atoms. The van der Waals surface area contributed by atoms with Gasteiger partial charge in [0.05, 0.1) is 12.3 Å². The lowest BCUT2D eigenvalue weighted by Gasteiger charge is -2.43. The van der Waals surface area contributed by atoms with Crippen molar-refractivity contribution in [1.29, 1.82) is 0 Å². The first-order valence-corrected chi connectivity index (χ1v) is 13.8. The van der Waals surface area contributed by atoms with Crippen LogP contribution >= 0.6 is 7.60 Å². The number of unbranched alkanes of at least 4 members (excludes halogenated alkanes) is 2. The van der Waals surface area contributed by atoms with Gasteiger partial charge in [-0.2, -0.15) is 0 Å². The molecule has 2 rings (SSSR count). The van der Waals surface area contributed by atoms with Gasteiger partial charge in [-0.15, -0.1) is 12.3 Å². The molecule has 11 heteroatoms. The van der Waals surface area contributed by atoms with E-state index in [-0.39, 0.29) is 24.3 Å². The minimum atomic E-state index is -4.26. The van der Waals surface area contributed by atoms with Crippen LogP contribution < -0.4 is 15.4 Å². The van der Waals surface area contributed by atoms with Crippen LogP contribution in [0.5, 0.6) is 5.75 Å². The summed E-state index contributed by atoms with van der Waals surface area (Å²) in [6, 6.07) is 4.90. The lowest BCUT2D eigenvalue weighted by molar-refractivity contribution is -0.239. The van der Waals surface area contributed by atoms with Gasteiger partial charge in [0.25, 0.3) is 0 Å². The van der Waals surface area contributed by atoms with E-state index >= 15 is 0 Å². The predicted molar refractivity (Wildman–Crippen MR) is 136 cm³/mol. The molecule has 0 unspecified atom stereocenters. The summed E-state index contributed by atoms with van der Waals surface area (Å²) < 4.78 is 29.0. The van der Waals surface area contributed by atoms with Crippen molar-refractivity contribution in [2.45, 2.75) is 71.9 Å². The number of amides is 2. The van der Waals surface area contributed by atoms with Gasteiger partial charge in [0.1, 0.15) is 11.9 Å². The number of benzene rings is 1. The number of terminal acetylenes is 1. The Bertz CT molecular complexity index is 989. The lowest BCUT2D eigenvalue weighted by atomic mass is 9.83. The zero-order chi connectivity index (χ0) is 26.9. The Morgan fingerprint density at radius 1 is 1.22 bits per heavy atom. The molecular formula is C25H37N2O8P. The molecule has 1 aliphatic heterocycles. The van der Waals surface area contributed by atoms with Crippen LogP contribution in [0.25, 0.3) is 0 Å². The Labute approximate surface area is 212 Å². The first kappa shape index (κ1) is 29.7. The second-order valence-corrected chi connectivity index (χ2v) is 10.9. The molecule has 1 aliphatic rings. The second kappa shape index (κ2) is 13.7. The van der Waals surface area contributed by atoms with Crippen LogP contribution in [0, 0.1) is 31.1 Å². The summed E-state index contributed by atoms with van der Waals surface area (Å²) in [5.41, 5.74) is 1.41. The normalized spacial score (nSPS) is 23.9. The number of carbonyl (C=O) groups is 2. The highest BCUT2D eigenvalue weighted by molar-refractivity contribution is 7.51. The molecule has 1 heterocycles. The minimum absolute atomic E-state index is 0.0128. The van der Waals surface area contributed by atoms with Crippen molar-refractivity contribution in [3.63, 3.8) is 0 Å². The number of carbonyl (C=O) groups excluding carboxylic acids is 2. The predicted octanol–water partition coefficient (Wildman–Crippen LogP) is 3.80. The summed E-state index contributed by atoms with van der Waals surface area (Å²) in [5, 5.41) is 5.60. The van der Waals surface area contributed by atoms with Crippen molar-refractivity contribution in [2.75, 3.05) is 18.0 Å². The molecule has 0 spiro atoms. The first-order valence-electron chi connectivity index (χ1n) is 12.0. The van der Waals surface area contributed by atoms with E-state index in [9.17, 15) is 23.9 Å². The summed E-state index contributed by atoms with van der Waals surface area (Å²) >= 11 is 0. The number of hydrogen-bond acceptors (Lipinski definition) is 6. The van der Waals surface area contributed by atoms with E-state index in [2.05, 4.69) is 16.6 Å². The van der Waals surface area contributed by atoms with Crippen LogP contribution in [0.2, 0.25) is 0 Å². The van der Waals surface area contributed by atoms with E-state index in [1.165, 1.54) is 6.92 Å². The van der Waals surface area contributed by atoms with Gasteiger partial charge in [-0.1, -0.05) is 13.8 Å². The summed E-state index contributed by atoms with van der Waals surface area (Å²) in [5.74, 6) is 2.23. The number of aryl methyl sites for hydroxylation is 1. The van der Waals surface area contributed by atoms with Crippen molar-refractivity contribution in [3.05, 3.63) is 23.8 Å². The molecule has 36 heavy (non-hydrogen) atoms. The standard InChI is InChI=1S/C25H37N2O8P/c1-6-7-8-9-13-26-25(29)27-21-11-10-20(15-16(21)2)34-24-18(4)17(3)23(33-19(5)28)22(35-24)12-14-36(30,31)32/h1,10-11,15,17-18,22-24H,7-9,12-14H2,2-5H3,(H2,26,27,29)(H2,30,31,32)/t17-,18+,22-,23+,24+/m1/s1. The highest BCUT2D eigenvalue weighted by Gasteiger charge is 2.45. The Morgan fingerprint density at radius 2 is 1.94 bits per heavy atom. The number of anilines is 1. The van der Waals surface area contributed by atoms with Gasteiger partial charge in [-0.3, -0.25) is 9.36 Å². The molecule has 4 N–H and O–H groups in total. The van der Waals surface area contributed by atoms with E-state index in [0.717, 1.165) is 18.4 Å². The van der Waals surface area contributed by atoms with Gasteiger partial charge in [0.2, 0.25) is 6.29 Å². The van der Waals surface area contributed by atoms with Gasteiger partial charge < -0.3 is 34.6 Å². The van der Waals surface area contributed by atoms with Crippen molar-refractivity contribution in [1.82, 2.24) is 5.32 Å². The lowest BCUT2D eigenvalue weighted by Crippen LogP contribution is -2.52. The summed E-state index contributed by atoms with van der Waals surface area (Å²) in [4.78, 5) is 42.4. The average Bonchev–Trinajstić information content (AvgIpc) is 2.78. The quantitative estimate of drug-likeness (QED) is 0.148. The molecule has 1 aromatic rings. The van der Waals surface area contributed by atoms with Crippen LogP contribution in [0.4, 0.5) is 10.5 Å². The maximum atomic E-state index is 12.1. The van der Waals surface area contributed by atoms with Crippen LogP contribution in [0.3, 0.4) is 0 Å². The smallest absolute Gasteiger partial charge is 0.325 e. The van der Waals surface area contributed by atoms with Crippen molar-refractivity contribution < 1.29 is 38.2 Å². The SMILES string of the molecule is C#CCCCCNC(=O)Nc1ccc(O[C@H]2O[C@H](CCP(=O)(O)O)[C@@H](OC(C)=O)[C@H](C)[C@@H]2C)cc1C. The highest BCUT2D eigenvalue weighted by atomic mass is 31.2. The Hall–Kier alpha value is -2.57. The zero-order valence-corrected chi connectivity index (χ0v) is 22.1. The molecule has 0 aromatic heterocycles. The number of ether oxygens (including phenoxy) is 3. The second-order valence-electron chi connectivity index (χ2n) is 9.15. The van der Waals surface area contributed by atoms with Crippen LogP contribution in [-0.4, -0.2) is 53.0 Å². The monoisotopic (exact) mass is 524 g/mol. The molecule has 5 atom stereocenters. The van der Waals surface area contributed by atoms with Crippen molar-refractivity contribution >= 4 is 25.3 Å². The van der Waals surface area contributed by atoms with Crippen LogP contribution in [-0.2, 0) is 18.8 Å². The van der Waals surface area contributed by atoms with Gasteiger partial charge in [-0.25, -0.2) is 4.79 Å².